The number of likely N-dealkylation sites (tertiary alicyclic amines) is 1. The van der Waals surface area contributed by atoms with Gasteiger partial charge < -0.3 is 19.8 Å². The van der Waals surface area contributed by atoms with Crippen LogP contribution in [0.1, 0.15) is 26.2 Å². The lowest BCUT2D eigenvalue weighted by Crippen LogP contribution is -2.51. The van der Waals surface area contributed by atoms with Gasteiger partial charge in [0, 0.05) is 19.6 Å². The van der Waals surface area contributed by atoms with E-state index < -0.39 is 23.7 Å². The fraction of sp³-hybridized carbons (Fsp3) is 0.818. The van der Waals surface area contributed by atoms with Crippen LogP contribution in [0.5, 0.6) is 0 Å². The van der Waals surface area contributed by atoms with Crippen molar-refractivity contribution in [2.24, 2.45) is 0 Å². The van der Waals surface area contributed by atoms with Gasteiger partial charge in [0.1, 0.15) is 11.6 Å². The lowest BCUT2D eigenvalue weighted by atomic mass is 10.0. The molecule has 1 amide bonds. The van der Waals surface area contributed by atoms with Crippen molar-refractivity contribution < 1.29 is 24.5 Å². The molecule has 0 radical (unpaired) electrons. The van der Waals surface area contributed by atoms with Gasteiger partial charge in [-0.05, 0) is 19.8 Å². The van der Waals surface area contributed by atoms with E-state index in [2.05, 4.69) is 0 Å². The van der Waals surface area contributed by atoms with Crippen molar-refractivity contribution in [1.82, 2.24) is 4.90 Å². The van der Waals surface area contributed by atoms with Gasteiger partial charge in [0.25, 0.3) is 5.91 Å². The maximum atomic E-state index is 12.3. The van der Waals surface area contributed by atoms with Crippen LogP contribution in [0, 0.1) is 0 Å². The Kier molecular flexibility index (Phi) is 3.09. The number of carbonyl (C=O) groups excluding carboxylic acids is 1. The Morgan fingerprint density at radius 2 is 2.18 bits per heavy atom. The number of hydrogen-bond donors (Lipinski definition) is 2. The Labute approximate surface area is 99.2 Å². The number of β-amino-alcohol motifs (C(OH)–C–C–N with tert-alkyl or cyclic N) is 1. The van der Waals surface area contributed by atoms with Crippen molar-refractivity contribution in [3.63, 3.8) is 0 Å². The molecule has 2 rings (SSSR count). The van der Waals surface area contributed by atoms with Crippen LogP contribution in [0.25, 0.3) is 0 Å². The number of rotatable bonds is 2. The zero-order valence-corrected chi connectivity index (χ0v) is 9.76. The molecule has 0 saturated carbocycles. The number of nitrogens with zero attached hydrogens (tertiary/aromatic N) is 1. The van der Waals surface area contributed by atoms with Crippen molar-refractivity contribution in [2.75, 3.05) is 13.2 Å². The average molecular weight is 243 g/mol. The lowest BCUT2D eigenvalue weighted by Gasteiger charge is -2.30. The monoisotopic (exact) mass is 243 g/mol. The molecule has 0 aromatic heterocycles. The van der Waals surface area contributed by atoms with Crippen LogP contribution in [-0.2, 0) is 14.3 Å². The number of carbonyl (C=O) groups is 2. The molecule has 0 spiro atoms. The minimum absolute atomic E-state index is 0.0781. The van der Waals surface area contributed by atoms with E-state index in [1.165, 1.54) is 4.90 Å². The van der Waals surface area contributed by atoms with Gasteiger partial charge in [0.2, 0.25) is 0 Å². The molecule has 2 N–H and O–H groups in total. The van der Waals surface area contributed by atoms with E-state index in [4.69, 9.17) is 9.84 Å². The fourth-order valence-corrected chi connectivity index (χ4v) is 2.52. The van der Waals surface area contributed by atoms with Crippen LogP contribution in [0.2, 0.25) is 0 Å². The number of aliphatic carboxylic acids is 1. The van der Waals surface area contributed by atoms with Gasteiger partial charge in [-0.2, -0.15) is 0 Å². The van der Waals surface area contributed by atoms with E-state index in [0.717, 1.165) is 6.42 Å². The number of ether oxygens (including phenoxy) is 1. The highest BCUT2D eigenvalue weighted by Crippen LogP contribution is 2.30. The number of aliphatic hydroxyl groups is 1. The van der Waals surface area contributed by atoms with E-state index in [-0.39, 0.29) is 18.9 Å². The van der Waals surface area contributed by atoms with Gasteiger partial charge in [-0.3, -0.25) is 4.79 Å². The summed E-state index contributed by atoms with van der Waals surface area (Å²) >= 11 is 0. The van der Waals surface area contributed by atoms with Crippen molar-refractivity contribution in [2.45, 2.75) is 43.9 Å². The number of carboxylic acids is 1. The Hall–Kier alpha value is -1.14. The highest BCUT2D eigenvalue weighted by atomic mass is 16.5. The van der Waals surface area contributed by atoms with Crippen molar-refractivity contribution in [1.29, 1.82) is 0 Å². The summed E-state index contributed by atoms with van der Waals surface area (Å²) in [7, 11) is 0. The lowest BCUT2D eigenvalue weighted by molar-refractivity contribution is -0.158. The van der Waals surface area contributed by atoms with Crippen molar-refractivity contribution in [3.05, 3.63) is 0 Å². The molecule has 0 bridgehead atoms. The van der Waals surface area contributed by atoms with Crippen LogP contribution in [0.3, 0.4) is 0 Å². The summed E-state index contributed by atoms with van der Waals surface area (Å²) in [6.07, 6.45) is 0.739. The van der Waals surface area contributed by atoms with E-state index in [0.29, 0.717) is 13.0 Å². The van der Waals surface area contributed by atoms with Crippen molar-refractivity contribution >= 4 is 11.9 Å². The number of carboxylic acid groups (broad SMARTS) is 1. The van der Waals surface area contributed by atoms with Crippen LogP contribution >= 0.6 is 0 Å². The molecule has 2 saturated heterocycles. The normalized spacial score (nSPS) is 37.4. The Balaban J connectivity index is 2.15. The third kappa shape index (κ3) is 2.14. The Morgan fingerprint density at radius 3 is 2.71 bits per heavy atom. The highest BCUT2D eigenvalue weighted by Gasteiger charge is 2.47. The number of aliphatic hydroxyl groups excluding tert-OH is 1. The standard InChI is InChI=1S/C11H17NO5/c1-11(3-2-4-17-11)10(16)12-6-7(13)5-8(12)9(14)15/h7-8,13H,2-6H2,1H3,(H,14,15). The molecular weight excluding hydrogens is 226 g/mol. The van der Waals surface area contributed by atoms with Crippen LogP contribution in [0.15, 0.2) is 0 Å². The van der Waals surface area contributed by atoms with Crippen molar-refractivity contribution in [3.8, 4) is 0 Å². The predicted molar refractivity (Wildman–Crippen MR) is 57.4 cm³/mol. The Bertz CT molecular complexity index is 337. The molecular formula is C11H17NO5. The minimum atomic E-state index is -1.07. The molecule has 2 aliphatic rings. The fourth-order valence-electron chi connectivity index (χ4n) is 2.52. The van der Waals surface area contributed by atoms with Crippen LogP contribution < -0.4 is 0 Å². The first kappa shape index (κ1) is 12.3. The zero-order valence-electron chi connectivity index (χ0n) is 9.76. The number of amides is 1. The zero-order chi connectivity index (χ0) is 12.6. The molecule has 2 heterocycles. The summed E-state index contributed by atoms with van der Waals surface area (Å²) in [5.74, 6) is -1.39. The SMILES string of the molecule is CC1(C(=O)N2CC(O)CC2C(=O)O)CCCO1. The summed E-state index contributed by atoms with van der Waals surface area (Å²) in [6.45, 7) is 2.29. The maximum Gasteiger partial charge on any atom is 0.326 e. The quantitative estimate of drug-likeness (QED) is 0.689. The van der Waals surface area contributed by atoms with Gasteiger partial charge in [-0.1, -0.05) is 0 Å². The predicted octanol–water partition coefficient (Wildman–Crippen LogP) is -0.398. The maximum absolute atomic E-state index is 12.3. The molecule has 6 heteroatoms. The third-order valence-electron chi connectivity index (χ3n) is 3.50. The largest absolute Gasteiger partial charge is 0.480 e. The Morgan fingerprint density at radius 1 is 1.47 bits per heavy atom. The van der Waals surface area contributed by atoms with E-state index in [1.807, 2.05) is 0 Å². The van der Waals surface area contributed by atoms with Gasteiger partial charge in [-0.25, -0.2) is 4.79 Å². The van der Waals surface area contributed by atoms with E-state index in [1.54, 1.807) is 6.92 Å². The average Bonchev–Trinajstić information content (AvgIpc) is 2.84. The van der Waals surface area contributed by atoms with Crippen LogP contribution in [-0.4, -0.2) is 57.9 Å². The molecule has 2 aliphatic heterocycles. The topological polar surface area (TPSA) is 87.1 Å². The minimum Gasteiger partial charge on any atom is -0.480 e. The first-order chi connectivity index (χ1) is 7.94. The van der Waals surface area contributed by atoms with Gasteiger partial charge in [0.15, 0.2) is 0 Å². The second kappa shape index (κ2) is 4.27. The molecule has 3 atom stereocenters. The summed E-state index contributed by atoms with van der Waals surface area (Å²) in [5.41, 5.74) is -0.919. The van der Waals surface area contributed by atoms with Gasteiger partial charge in [0.05, 0.1) is 6.10 Å². The smallest absolute Gasteiger partial charge is 0.326 e. The second-order valence-corrected chi connectivity index (χ2v) is 4.88. The highest BCUT2D eigenvalue weighted by molar-refractivity contribution is 5.90. The molecule has 2 fully saturated rings. The summed E-state index contributed by atoms with van der Waals surface area (Å²) in [5, 5.41) is 18.5. The second-order valence-electron chi connectivity index (χ2n) is 4.88. The van der Waals surface area contributed by atoms with Crippen LogP contribution in [0.4, 0.5) is 0 Å². The van der Waals surface area contributed by atoms with Gasteiger partial charge in [-0.15, -0.1) is 0 Å². The first-order valence-electron chi connectivity index (χ1n) is 5.80. The third-order valence-corrected chi connectivity index (χ3v) is 3.50. The first-order valence-corrected chi connectivity index (χ1v) is 5.80. The van der Waals surface area contributed by atoms with E-state index >= 15 is 0 Å². The molecule has 96 valence electrons. The molecule has 17 heavy (non-hydrogen) atoms. The summed E-state index contributed by atoms with van der Waals surface area (Å²) in [6, 6.07) is -0.932. The summed E-state index contributed by atoms with van der Waals surface area (Å²) in [4.78, 5) is 24.5. The molecule has 6 nitrogen and oxygen atoms in total. The molecule has 0 aromatic rings. The molecule has 3 unspecified atom stereocenters. The summed E-state index contributed by atoms with van der Waals surface area (Å²) < 4.78 is 5.41. The molecule has 0 aliphatic carbocycles. The molecule has 0 aromatic carbocycles. The van der Waals surface area contributed by atoms with E-state index in [9.17, 15) is 14.7 Å². The number of hydrogen-bond acceptors (Lipinski definition) is 4. The van der Waals surface area contributed by atoms with Gasteiger partial charge >= 0.3 is 5.97 Å².